The summed E-state index contributed by atoms with van der Waals surface area (Å²) >= 11 is 0. The van der Waals surface area contributed by atoms with Crippen molar-refractivity contribution in [3.63, 3.8) is 0 Å². The number of halogens is 2. The topological polar surface area (TPSA) is 45.2 Å². The number of nitrogens with zero attached hydrogens (tertiary/aromatic N) is 2. The van der Waals surface area contributed by atoms with Crippen molar-refractivity contribution in [1.82, 2.24) is 15.2 Å². The molecule has 106 valence electrons. The van der Waals surface area contributed by atoms with Crippen LogP contribution in [-0.4, -0.2) is 42.0 Å². The van der Waals surface area contributed by atoms with E-state index in [1.54, 1.807) is 0 Å². The molecule has 0 aliphatic rings. The summed E-state index contributed by atoms with van der Waals surface area (Å²) in [6, 6.07) is 1.16. The number of hydrogen-bond acceptors (Lipinski definition) is 3. The van der Waals surface area contributed by atoms with Crippen molar-refractivity contribution in [2.24, 2.45) is 0 Å². The number of hydrogen-bond donors (Lipinski definition) is 1. The lowest BCUT2D eigenvalue weighted by atomic mass is 10.2. The summed E-state index contributed by atoms with van der Waals surface area (Å²) in [5.41, 5.74) is -0.310. The van der Waals surface area contributed by atoms with E-state index in [1.165, 1.54) is 0 Å². The van der Waals surface area contributed by atoms with Gasteiger partial charge in [0.25, 0.3) is 5.91 Å². The molecule has 0 aliphatic heterocycles. The summed E-state index contributed by atoms with van der Waals surface area (Å²) in [7, 11) is 0. The largest absolute Gasteiger partial charge is 0.352 e. The first-order valence-electron chi connectivity index (χ1n) is 6.40. The van der Waals surface area contributed by atoms with Crippen LogP contribution in [-0.2, 0) is 0 Å². The van der Waals surface area contributed by atoms with Crippen molar-refractivity contribution < 1.29 is 13.6 Å². The molecule has 0 saturated carbocycles. The van der Waals surface area contributed by atoms with E-state index in [-0.39, 0.29) is 5.56 Å². The molecule has 0 atom stereocenters. The van der Waals surface area contributed by atoms with Crippen LogP contribution in [0.4, 0.5) is 8.78 Å². The van der Waals surface area contributed by atoms with E-state index in [9.17, 15) is 13.6 Å². The van der Waals surface area contributed by atoms with Gasteiger partial charge in [-0.15, -0.1) is 0 Å². The zero-order valence-electron chi connectivity index (χ0n) is 11.2. The van der Waals surface area contributed by atoms with Gasteiger partial charge in [0.2, 0.25) is 5.95 Å². The molecular formula is C13H19F2N3O. The van der Waals surface area contributed by atoms with Crippen LogP contribution in [0.3, 0.4) is 0 Å². The predicted molar refractivity (Wildman–Crippen MR) is 68.9 cm³/mol. The molecule has 0 spiro atoms. The highest BCUT2D eigenvalue weighted by molar-refractivity contribution is 5.94. The first-order chi connectivity index (χ1) is 9.10. The summed E-state index contributed by atoms with van der Waals surface area (Å²) in [4.78, 5) is 17.0. The highest BCUT2D eigenvalue weighted by Crippen LogP contribution is 2.08. The van der Waals surface area contributed by atoms with Crippen LogP contribution in [0.5, 0.6) is 0 Å². The number of aromatic nitrogens is 1. The van der Waals surface area contributed by atoms with E-state index in [2.05, 4.69) is 29.0 Å². The van der Waals surface area contributed by atoms with Gasteiger partial charge in [0.05, 0.1) is 5.56 Å². The SMILES string of the molecule is CCN(CC)CCCNC(=O)c1ccnc(F)c1F. The molecule has 0 radical (unpaired) electrons. The Morgan fingerprint density at radius 1 is 1.37 bits per heavy atom. The van der Waals surface area contributed by atoms with Gasteiger partial charge < -0.3 is 10.2 Å². The molecule has 0 bridgehead atoms. The number of pyridine rings is 1. The summed E-state index contributed by atoms with van der Waals surface area (Å²) < 4.78 is 26.1. The Morgan fingerprint density at radius 3 is 2.68 bits per heavy atom. The molecule has 0 aliphatic carbocycles. The Labute approximate surface area is 111 Å². The van der Waals surface area contributed by atoms with Gasteiger partial charge in [-0.05, 0) is 32.1 Å². The zero-order valence-corrected chi connectivity index (χ0v) is 11.2. The molecule has 0 fully saturated rings. The molecule has 6 heteroatoms. The van der Waals surface area contributed by atoms with Gasteiger partial charge in [0, 0.05) is 12.7 Å². The maximum atomic E-state index is 13.3. The smallest absolute Gasteiger partial charge is 0.254 e. The van der Waals surface area contributed by atoms with Crippen molar-refractivity contribution in [2.75, 3.05) is 26.2 Å². The Kier molecular flexibility index (Phi) is 6.35. The second-order valence-electron chi connectivity index (χ2n) is 4.10. The molecule has 0 unspecified atom stereocenters. The lowest BCUT2D eigenvalue weighted by Crippen LogP contribution is -2.30. The average molecular weight is 271 g/mol. The van der Waals surface area contributed by atoms with Crippen LogP contribution in [0, 0.1) is 11.8 Å². The third-order valence-electron chi connectivity index (χ3n) is 2.92. The highest BCUT2D eigenvalue weighted by atomic mass is 19.2. The van der Waals surface area contributed by atoms with Crippen molar-refractivity contribution in [3.8, 4) is 0 Å². The Morgan fingerprint density at radius 2 is 2.05 bits per heavy atom. The number of carbonyl (C=O) groups is 1. The third-order valence-corrected chi connectivity index (χ3v) is 2.92. The van der Waals surface area contributed by atoms with E-state index in [1.807, 2.05) is 0 Å². The molecule has 1 rings (SSSR count). The van der Waals surface area contributed by atoms with Crippen molar-refractivity contribution in [2.45, 2.75) is 20.3 Å². The lowest BCUT2D eigenvalue weighted by Gasteiger charge is -2.17. The number of carbonyl (C=O) groups excluding carboxylic acids is 1. The van der Waals surface area contributed by atoms with E-state index >= 15 is 0 Å². The quantitative estimate of drug-likeness (QED) is 0.608. The standard InChI is InChI=1S/C13H19F2N3O/c1-3-18(4-2)9-5-7-17-13(19)10-6-8-16-12(15)11(10)14/h6,8H,3-5,7,9H2,1-2H3,(H,17,19). The van der Waals surface area contributed by atoms with E-state index in [0.717, 1.165) is 38.3 Å². The molecule has 0 aromatic carbocycles. The summed E-state index contributed by atoms with van der Waals surface area (Å²) in [6.45, 7) is 7.33. The van der Waals surface area contributed by atoms with E-state index < -0.39 is 17.7 Å². The first kappa shape index (κ1) is 15.5. The van der Waals surface area contributed by atoms with E-state index in [0.29, 0.717) is 6.54 Å². The van der Waals surface area contributed by atoms with Gasteiger partial charge in [-0.2, -0.15) is 4.39 Å². The monoisotopic (exact) mass is 271 g/mol. The highest BCUT2D eigenvalue weighted by Gasteiger charge is 2.15. The van der Waals surface area contributed by atoms with Gasteiger partial charge in [-0.1, -0.05) is 13.8 Å². The minimum absolute atomic E-state index is 0.310. The van der Waals surface area contributed by atoms with E-state index in [4.69, 9.17) is 0 Å². The summed E-state index contributed by atoms with van der Waals surface area (Å²) in [6.07, 6.45) is 1.84. The van der Waals surface area contributed by atoms with Crippen LogP contribution in [0.25, 0.3) is 0 Å². The molecule has 1 aromatic rings. The maximum Gasteiger partial charge on any atom is 0.254 e. The fourth-order valence-electron chi connectivity index (χ4n) is 1.73. The number of nitrogens with one attached hydrogen (secondary N) is 1. The molecular weight excluding hydrogens is 252 g/mol. The van der Waals surface area contributed by atoms with Crippen LogP contribution in [0.1, 0.15) is 30.6 Å². The molecule has 1 amide bonds. The van der Waals surface area contributed by atoms with Gasteiger partial charge in [0.15, 0.2) is 5.82 Å². The molecule has 1 heterocycles. The second-order valence-corrected chi connectivity index (χ2v) is 4.10. The normalized spacial score (nSPS) is 10.8. The van der Waals surface area contributed by atoms with Crippen LogP contribution in [0.15, 0.2) is 12.3 Å². The molecule has 1 N–H and O–H groups in total. The Balaban J connectivity index is 2.41. The molecule has 4 nitrogen and oxygen atoms in total. The molecule has 1 aromatic heterocycles. The van der Waals surface area contributed by atoms with Crippen molar-refractivity contribution in [1.29, 1.82) is 0 Å². The lowest BCUT2D eigenvalue weighted by molar-refractivity contribution is 0.0946. The maximum absolute atomic E-state index is 13.3. The summed E-state index contributed by atoms with van der Waals surface area (Å²) in [5, 5.41) is 2.57. The predicted octanol–water partition coefficient (Wildman–Crippen LogP) is 1.82. The summed E-state index contributed by atoms with van der Waals surface area (Å²) in [5.74, 6) is -3.07. The Hall–Kier alpha value is -1.56. The van der Waals surface area contributed by atoms with Gasteiger partial charge in [-0.3, -0.25) is 4.79 Å². The number of rotatable bonds is 7. The van der Waals surface area contributed by atoms with Crippen LogP contribution in [0.2, 0.25) is 0 Å². The third kappa shape index (κ3) is 4.55. The van der Waals surface area contributed by atoms with Crippen LogP contribution < -0.4 is 5.32 Å². The van der Waals surface area contributed by atoms with Gasteiger partial charge in [0.1, 0.15) is 0 Å². The van der Waals surface area contributed by atoms with Crippen molar-refractivity contribution >= 4 is 5.91 Å². The second kappa shape index (κ2) is 7.78. The fraction of sp³-hybridized carbons (Fsp3) is 0.538. The minimum Gasteiger partial charge on any atom is -0.352 e. The van der Waals surface area contributed by atoms with Gasteiger partial charge >= 0.3 is 0 Å². The molecule has 0 saturated heterocycles. The van der Waals surface area contributed by atoms with Gasteiger partial charge in [-0.25, -0.2) is 9.37 Å². The fourth-order valence-corrected chi connectivity index (χ4v) is 1.73. The van der Waals surface area contributed by atoms with Crippen molar-refractivity contribution in [3.05, 3.63) is 29.6 Å². The minimum atomic E-state index is -1.25. The molecule has 19 heavy (non-hydrogen) atoms. The Bertz CT molecular complexity index is 422. The van der Waals surface area contributed by atoms with Crippen LogP contribution >= 0.6 is 0 Å². The average Bonchev–Trinajstić information content (AvgIpc) is 2.42. The number of amides is 1. The first-order valence-corrected chi connectivity index (χ1v) is 6.40. The zero-order chi connectivity index (χ0) is 14.3.